The first-order valence-electron chi connectivity index (χ1n) is 3.62. The van der Waals surface area contributed by atoms with E-state index in [1.54, 1.807) is 0 Å². The minimum atomic E-state index is -4.33. The van der Waals surface area contributed by atoms with E-state index >= 15 is 0 Å². The van der Waals surface area contributed by atoms with Gasteiger partial charge in [-0.05, 0) is 17.7 Å². The van der Waals surface area contributed by atoms with Gasteiger partial charge in [-0.3, -0.25) is 4.84 Å². The van der Waals surface area contributed by atoms with Crippen LogP contribution in [0.2, 0.25) is 0 Å². The molecule has 6 heteroatoms. The summed E-state index contributed by atoms with van der Waals surface area (Å²) in [5.74, 6) is 4.81. The SMILES string of the molecule is NOCc1ccc(C(F)(F)F)cc1Br. The van der Waals surface area contributed by atoms with Crippen molar-refractivity contribution in [1.82, 2.24) is 0 Å². The van der Waals surface area contributed by atoms with Gasteiger partial charge in [0, 0.05) is 4.47 Å². The fourth-order valence-electron chi connectivity index (χ4n) is 0.930. The van der Waals surface area contributed by atoms with Crippen molar-refractivity contribution >= 4 is 15.9 Å². The molecule has 0 spiro atoms. The standard InChI is InChI=1S/C8H7BrF3NO/c9-7-3-6(8(10,11)12)2-1-5(7)4-14-13/h1-3H,4,13H2. The predicted octanol–water partition coefficient (Wildman–Crippen LogP) is 2.86. The summed E-state index contributed by atoms with van der Waals surface area (Å²) in [6, 6.07) is 3.30. The summed E-state index contributed by atoms with van der Waals surface area (Å²) in [4.78, 5) is 4.32. The Kier molecular flexibility index (Phi) is 3.52. The van der Waals surface area contributed by atoms with E-state index in [-0.39, 0.29) is 6.61 Å². The number of alkyl halides is 3. The van der Waals surface area contributed by atoms with Gasteiger partial charge in [0.1, 0.15) is 0 Å². The minimum absolute atomic E-state index is 0.0682. The molecule has 0 aliphatic rings. The van der Waals surface area contributed by atoms with Gasteiger partial charge >= 0.3 is 6.18 Å². The summed E-state index contributed by atoms with van der Waals surface area (Å²) < 4.78 is 37.0. The van der Waals surface area contributed by atoms with Crippen LogP contribution in [-0.2, 0) is 17.6 Å². The van der Waals surface area contributed by atoms with Gasteiger partial charge in [-0.15, -0.1) is 0 Å². The molecule has 2 N–H and O–H groups in total. The lowest BCUT2D eigenvalue weighted by molar-refractivity contribution is -0.137. The van der Waals surface area contributed by atoms with E-state index in [4.69, 9.17) is 5.90 Å². The van der Waals surface area contributed by atoms with Crippen LogP contribution in [0.25, 0.3) is 0 Å². The van der Waals surface area contributed by atoms with Crippen molar-refractivity contribution in [2.75, 3.05) is 0 Å². The number of hydrogen-bond donors (Lipinski definition) is 1. The van der Waals surface area contributed by atoms with E-state index in [1.807, 2.05) is 0 Å². The van der Waals surface area contributed by atoms with Crippen molar-refractivity contribution in [2.45, 2.75) is 12.8 Å². The summed E-state index contributed by atoms with van der Waals surface area (Å²) in [6.07, 6.45) is -4.33. The molecule has 0 atom stereocenters. The van der Waals surface area contributed by atoms with E-state index in [1.165, 1.54) is 6.07 Å². The van der Waals surface area contributed by atoms with Crippen LogP contribution in [0.15, 0.2) is 22.7 Å². The molecule has 78 valence electrons. The first-order valence-corrected chi connectivity index (χ1v) is 4.41. The van der Waals surface area contributed by atoms with Gasteiger partial charge in [-0.2, -0.15) is 13.2 Å². The lowest BCUT2D eigenvalue weighted by Crippen LogP contribution is -2.06. The molecule has 0 unspecified atom stereocenters. The predicted molar refractivity (Wildman–Crippen MR) is 48.1 cm³/mol. The zero-order valence-corrected chi connectivity index (χ0v) is 8.52. The number of benzene rings is 1. The van der Waals surface area contributed by atoms with Crippen LogP contribution in [0.5, 0.6) is 0 Å². The van der Waals surface area contributed by atoms with Crippen molar-refractivity contribution in [2.24, 2.45) is 5.90 Å². The highest BCUT2D eigenvalue weighted by Gasteiger charge is 2.30. The zero-order valence-electron chi connectivity index (χ0n) is 6.94. The summed E-state index contributed by atoms with van der Waals surface area (Å²) in [6.45, 7) is 0.0682. The van der Waals surface area contributed by atoms with Crippen molar-refractivity contribution in [3.63, 3.8) is 0 Å². The first kappa shape index (κ1) is 11.5. The van der Waals surface area contributed by atoms with E-state index < -0.39 is 11.7 Å². The van der Waals surface area contributed by atoms with Crippen molar-refractivity contribution in [3.05, 3.63) is 33.8 Å². The average molecular weight is 270 g/mol. The molecule has 0 bridgehead atoms. The van der Waals surface area contributed by atoms with E-state index in [9.17, 15) is 13.2 Å². The van der Waals surface area contributed by atoms with Crippen LogP contribution >= 0.6 is 15.9 Å². The Hall–Kier alpha value is -0.590. The summed E-state index contributed by atoms with van der Waals surface area (Å²) in [5, 5.41) is 0. The second-order valence-corrected chi connectivity index (χ2v) is 3.47. The van der Waals surface area contributed by atoms with Crippen LogP contribution < -0.4 is 5.90 Å². The number of nitrogens with two attached hydrogens (primary N) is 1. The molecule has 0 fully saturated rings. The monoisotopic (exact) mass is 269 g/mol. The fraction of sp³-hybridized carbons (Fsp3) is 0.250. The van der Waals surface area contributed by atoms with Crippen LogP contribution in [-0.4, -0.2) is 0 Å². The molecule has 1 aromatic rings. The average Bonchev–Trinajstić information content (AvgIpc) is 2.07. The Morgan fingerprint density at radius 2 is 2.00 bits per heavy atom. The maximum absolute atomic E-state index is 12.2. The van der Waals surface area contributed by atoms with E-state index in [0.29, 0.717) is 10.0 Å². The van der Waals surface area contributed by atoms with Gasteiger partial charge in [0.25, 0.3) is 0 Å². The van der Waals surface area contributed by atoms with E-state index in [0.717, 1.165) is 12.1 Å². The third-order valence-corrected chi connectivity index (χ3v) is 2.36. The molecule has 0 aromatic heterocycles. The Balaban J connectivity index is 3.01. The Bertz CT molecular complexity index is 327. The first-order chi connectivity index (χ1) is 6.45. The van der Waals surface area contributed by atoms with Crippen molar-refractivity contribution in [1.29, 1.82) is 0 Å². The molecular formula is C8H7BrF3NO. The van der Waals surface area contributed by atoms with Gasteiger partial charge < -0.3 is 0 Å². The van der Waals surface area contributed by atoms with Crippen LogP contribution in [0.3, 0.4) is 0 Å². The van der Waals surface area contributed by atoms with Crippen LogP contribution in [0.4, 0.5) is 13.2 Å². The van der Waals surface area contributed by atoms with Crippen LogP contribution in [0, 0.1) is 0 Å². The normalized spacial score (nSPS) is 11.8. The second-order valence-electron chi connectivity index (χ2n) is 2.61. The molecular weight excluding hydrogens is 263 g/mol. The molecule has 14 heavy (non-hydrogen) atoms. The molecule has 0 heterocycles. The van der Waals surface area contributed by atoms with Gasteiger partial charge in [0.05, 0.1) is 12.2 Å². The van der Waals surface area contributed by atoms with Crippen molar-refractivity contribution in [3.8, 4) is 0 Å². The maximum Gasteiger partial charge on any atom is 0.416 e. The smallest absolute Gasteiger partial charge is 0.300 e. The van der Waals surface area contributed by atoms with Gasteiger partial charge in [-0.25, -0.2) is 5.90 Å². The largest absolute Gasteiger partial charge is 0.416 e. The molecule has 0 radical (unpaired) electrons. The third kappa shape index (κ3) is 2.70. The number of halogens is 4. The number of hydrogen-bond acceptors (Lipinski definition) is 2. The lowest BCUT2D eigenvalue weighted by atomic mass is 10.1. The molecule has 0 aliphatic heterocycles. The second kappa shape index (κ2) is 4.29. The van der Waals surface area contributed by atoms with Gasteiger partial charge in [-0.1, -0.05) is 22.0 Å². The molecule has 2 nitrogen and oxygen atoms in total. The lowest BCUT2D eigenvalue weighted by Gasteiger charge is -2.09. The molecule has 0 aliphatic carbocycles. The molecule has 0 saturated heterocycles. The van der Waals surface area contributed by atoms with Gasteiger partial charge in [0.15, 0.2) is 0 Å². The molecule has 1 rings (SSSR count). The fourth-order valence-corrected chi connectivity index (χ4v) is 1.42. The maximum atomic E-state index is 12.2. The quantitative estimate of drug-likeness (QED) is 0.838. The zero-order chi connectivity index (χ0) is 10.8. The highest BCUT2D eigenvalue weighted by molar-refractivity contribution is 9.10. The summed E-state index contributed by atoms with van der Waals surface area (Å²) >= 11 is 3.01. The molecule has 1 aromatic carbocycles. The van der Waals surface area contributed by atoms with Crippen molar-refractivity contribution < 1.29 is 18.0 Å². The number of rotatable bonds is 2. The third-order valence-electron chi connectivity index (χ3n) is 1.62. The molecule has 0 saturated carbocycles. The van der Waals surface area contributed by atoms with Gasteiger partial charge in [0.2, 0.25) is 0 Å². The highest BCUT2D eigenvalue weighted by Crippen LogP contribution is 2.32. The minimum Gasteiger partial charge on any atom is -0.300 e. The van der Waals surface area contributed by atoms with E-state index in [2.05, 4.69) is 20.8 Å². The summed E-state index contributed by atoms with van der Waals surface area (Å²) in [7, 11) is 0. The Labute approximate surface area is 86.9 Å². The Morgan fingerprint density at radius 3 is 2.43 bits per heavy atom. The van der Waals surface area contributed by atoms with Crippen LogP contribution in [0.1, 0.15) is 11.1 Å². The highest BCUT2D eigenvalue weighted by atomic mass is 79.9. The topological polar surface area (TPSA) is 35.2 Å². The summed E-state index contributed by atoms with van der Waals surface area (Å²) in [5.41, 5.74) is -0.134. The molecule has 0 amide bonds. The Morgan fingerprint density at radius 1 is 1.36 bits per heavy atom.